The monoisotopic (exact) mass is 415 g/mol. The molecule has 0 aromatic heterocycles. The highest BCUT2D eigenvalue weighted by Crippen LogP contribution is 2.54. The Labute approximate surface area is 178 Å². The van der Waals surface area contributed by atoms with Crippen molar-refractivity contribution in [2.75, 3.05) is 13.1 Å². The number of carbonyl (C=O) groups is 1. The molecule has 0 radical (unpaired) electrons. The van der Waals surface area contributed by atoms with Gasteiger partial charge >= 0.3 is 0 Å². The van der Waals surface area contributed by atoms with Crippen LogP contribution in [-0.4, -0.2) is 39.7 Å². The van der Waals surface area contributed by atoms with E-state index in [2.05, 4.69) is 11.3 Å². The molecule has 4 nitrogen and oxygen atoms in total. The summed E-state index contributed by atoms with van der Waals surface area (Å²) in [5.74, 6) is 3.36. The summed E-state index contributed by atoms with van der Waals surface area (Å²) in [6, 6.07) is 5.62. The molecule has 3 atom stereocenters. The fourth-order valence-electron chi connectivity index (χ4n) is 5.27. The number of fused-ring (bicyclic) bond motifs is 3. The number of aromatic hydroxyl groups is 1. The first-order chi connectivity index (χ1) is 13.9. The molecule has 2 aliphatic carbocycles. The third kappa shape index (κ3) is 4.32. The van der Waals surface area contributed by atoms with Crippen molar-refractivity contribution >= 4 is 17.5 Å². The van der Waals surface area contributed by atoms with Crippen LogP contribution < -0.4 is 0 Å². The van der Waals surface area contributed by atoms with Gasteiger partial charge in [0.05, 0.1) is 0 Å². The maximum absolute atomic E-state index is 12.4. The zero-order valence-corrected chi connectivity index (χ0v) is 18.0. The highest BCUT2D eigenvalue weighted by Gasteiger charge is 2.50. The van der Waals surface area contributed by atoms with Gasteiger partial charge in [-0.05, 0) is 99.2 Å². The van der Waals surface area contributed by atoms with Crippen LogP contribution >= 0.6 is 11.6 Å². The topological polar surface area (TPSA) is 60.8 Å². The molecule has 3 rings (SSSR count). The number of benzene rings is 1. The van der Waals surface area contributed by atoms with E-state index in [1.54, 1.807) is 17.0 Å². The van der Waals surface area contributed by atoms with Gasteiger partial charge in [-0.15, -0.1) is 0 Å². The van der Waals surface area contributed by atoms with E-state index in [0.717, 1.165) is 25.7 Å². The number of rotatable bonds is 5. The molecule has 2 N–H and O–H groups in total. The molecule has 1 amide bonds. The number of likely N-dealkylation sites (N-methyl/N-ethyl adjacent to an activating group) is 1. The van der Waals surface area contributed by atoms with Crippen LogP contribution in [0.25, 0.3) is 0 Å². The van der Waals surface area contributed by atoms with E-state index in [-0.39, 0.29) is 23.0 Å². The van der Waals surface area contributed by atoms with E-state index >= 15 is 0 Å². The molecule has 2 aliphatic rings. The van der Waals surface area contributed by atoms with E-state index in [0.29, 0.717) is 25.9 Å². The van der Waals surface area contributed by atoms with E-state index in [1.807, 2.05) is 32.1 Å². The molecule has 1 aromatic rings. The largest absolute Gasteiger partial charge is 0.508 e. The Kier molecular flexibility index (Phi) is 6.61. The summed E-state index contributed by atoms with van der Waals surface area (Å²) in [7, 11) is 0. The quantitative estimate of drug-likeness (QED) is 0.561. The van der Waals surface area contributed by atoms with Crippen LogP contribution in [0.1, 0.15) is 57.1 Å². The molecule has 1 aromatic carbocycles. The molecular weight excluding hydrogens is 386 g/mol. The van der Waals surface area contributed by atoms with Crippen LogP contribution in [0.4, 0.5) is 0 Å². The van der Waals surface area contributed by atoms with Crippen molar-refractivity contribution in [2.45, 2.75) is 63.4 Å². The van der Waals surface area contributed by atoms with Crippen molar-refractivity contribution in [3.05, 3.63) is 41.5 Å². The van der Waals surface area contributed by atoms with E-state index in [9.17, 15) is 15.0 Å². The number of hydrogen-bond donors (Lipinski definition) is 2. The van der Waals surface area contributed by atoms with Crippen LogP contribution in [-0.2, 0) is 16.6 Å². The van der Waals surface area contributed by atoms with Crippen molar-refractivity contribution in [1.82, 2.24) is 4.90 Å². The van der Waals surface area contributed by atoms with Gasteiger partial charge in [-0.2, -0.15) is 0 Å². The third-order valence-electron chi connectivity index (χ3n) is 6.84. The molecule has 0 bridgehead atoms. The molecule has 156 valence electrons. The minimum atomic E-state index is -1.05. The summed E-state index contributed by atoms with van der Waals surface area (Å²) in [4.78, 5) is 14.2. The van der Waals surface area contributed by atoms with Crippen LogP contribution in [0.3, 0.4) is 0 Å². The second kappa shape index (κ2) is 8.81. The molecular formula is C24H30ClNO3. The molecule has 1 fully saturated rings. The summed E-state index contributed by atoms with van der Waals surface area (Å²) < 4.78 is 0. The average Bonchev–Trinajstić information content (AvgIpc) is 2.69. The van der Waals surface area contributed by atoms with Gasteiger partial charge < -0.3 is 15.1 Å². The first-order valence-electron chi connectivity index (χ1n) is 10.5. The Balaban J connectivity index is 1.93. The predicted octanol–water partition coefficient (Wildman–Crippen LogP) is 4.12. The Morgan fingerprint density at radius 3 is 2.79 bits per heavy atom. The average molecular weight is 416 g/mol. The fourth-order valence-corrected chi connectivity index (χ4v) is 5.44. The normalized spacial score (nSPS) is 28.2. The summed E-state index contributed by atoms with van der Waals surface area (Å²) >= 11 is 5.61. The lowest BCUT2D eigenvalue weighted by Crippen LogP contribution is -2.49. The highest BCUT2D eigenvalue weighted by molar-refractivity contribution is 6.30. The van der Waals surface area contributed by atoms with Gasteiger partial charge in [0.25, 0.3) is 0 Å². The van der Waals surface area contributed by atoms with Crippen molar-refractivity contribution in [2.24, 2.45) is 5.92 Å². The van der Waals surface area contributed by atoms with E-state index in [4.69, 9.17) is 11.6 Å². The zero-order chi connectivity index (χ0) is 21.1. The second-order valence-electron chi connectivity index (χ2n) is 8.31. The molecule has 0 spiro atoms. The molecule has 29 heavy (non-hydrogen) atoms. The van der Waals surface area contributed by atoms with Crippen LogP contribution in [0.15, 0.2) is 30.4 Å². The van der Waals surface area contributed by atoms with Gasteiger partial charge in [0.1, 0.15) is 11.4 Å². The Hall–Kier alpha value is -1.96. The van der Waals surface area contributed by atoms with Crippen molar-refractivity contribution in [3.8, 4) is 17.0 Å². The number of phenolic OH excluding ortho intramolecular Hbond substituents is 1. The van der Waals surface area contributed by atoms with E-state index < -0.39 is 5.60 Å². The lowest BCUT2D eigenvalue weighted by atomic mass is 9.53. The fraction of sp³-hybridized carbons (Fsp3) is 0.542. The standard InChI is InChI=1S/C24H30ClNO3/c1-3-26(4-2)22(28)6-5-11-24-13-12-23(29,14-15-25)17-19(24)8-7-18-16-20(27)9-10-21(18)24/h5-6,9-10,16,19,27,29H,3-4,7-8,11-13,17H2,1-2H3/b6-5+/t19-,23+,24-/m0/s1. The van der Waals surface area contributed by atoms with Gasteiger partial charge in [0.2, 0.25) is 5.91 Å². The highest BCUT2D eigenvalue weighted by atomic mass is 35.5. The molecule has 0 aliphatic heterocycles. The van der Waals surface area contributed by atoms with E-state index in [1.165, 1.54) is 11.1 Å². The van der Waals surface area contributed by atoms with Gasteiger partial charge in [-0.25, -0.2) is 0 Å². The number of nitrogens with zero attached hydrogens (tertiary/aromatic N) is 1. The Morgan fingerprint density at radius 1 is 1.34 bits per heavy atom. The summed E-state index contributed by atoms with van der Waals surface area (Å²) in [5.41, 5.74) is 1.18. The minimum Gasteiger partial charge on any atom is -0.508 e. The van der Waals surface area contributed by atoms with Crippen LogP contribution in [0.5, 0.6) is 5.75 Å². The number of carbonyl (C=O) groups excluding carboxylic acids is 1. The number of allylic oxidation sites excluding steroid dienone is 1. The maximum Gasteiger partial charge on any atom is 0.246 e. The van der Waals surface area contributed by atoms with Crippen molar-refractivity contribution in [1.29, 1.82) is 0 Å². The number of phenols is 1. The van der Waals surface area contributed by atoms with Gasteiger partial charge in [-0.1, -0.05) is 18.1 Å². The van der Waals surface area contributed by atoms with Gasteiger partial charge in [0.15, 0.2) is 0 Å². The molecule has 0 unspecified atom stereocenters. The van der Waals surface area contributed by atoms with Gasteiger partial charge in [0, 0.05) is 23.9 Å². The van der Waals surface area contributed by atoms with Crippen LogP contribution in [0.2, 0.25) is 0 Å². The molecule has 1 saturated carbocycles. The minimum absolute atomic E-state index is 0.0324. The van der Waals surface area contributed by atoms with Crippen molar-refractivity contribution in [3.63, 3.8) is 0 Å². The van der Waals surface area contributed by atoms with Gasteiger partial charge in [-0.3, -0.25) is 4.79 Å². The second-order valence-corrected chi connectivity index (χ2v) is 8.49. The predicted molar refractivity (Wildman–Crippen MR) is 116 cm³/mol. The maximum atomic E-state index is 12.4. The summed E-state index contributed by atoms with van der Waals surface area (Å²) in [6.45, 7) is 5.35. The SMILES string of the molecule is CCN(CC)C(=O)/C=C/C[C@]12CC[C@@](O)(C#CCl)C[C@@H]1CCc1cc(O)ccc12. The first-order valence-corrected chi connectivity index (χ1v) is 10.9. The number of aliphatic hydroxyl groups is 1. The lowest BCUT2D eigenvalue weighted by Gasteiger charge is -2.52. The molecule has 0 heterocycles. The molecule has 5 heteroatoms. The number of hydrogen-bond acceptors (Lipinski definition) is 3. The molecule has 0 saturated heterocycles. The number of aryl methyl sites for hydroxylation is 1. The third-order valence-corrected chi connectivity index (χ3v) is 6.93. The Morgan fingerprint density at radius 2 is 2.10 bits per heavy atom. The smallest absolute Gasteiger partial charge is 0.246 e. The van der Waals surface area contributed by atoms with Crippen molar-refractivity contribution < 1.29 is 15.0 Å². The number of halogens is 1. The Bertz CT molecular complexity index is 851. The number of amides is 1. The summed E-state index contributed by atoms with van der Waals surface area (Å²) in [5, 5.41) is 23.2. The lowest BCUT2D eigenvalue weighted by molar-refractivity contribution is -0.125. The first kappa shape index (κ1) is 21.7. The van der Waals surface area contributed by atoms with Crippen LogP contribution in [0, 0.1) is 17.2 Å². The zero-order valence-electron chi connectivity index (χ0n) is 17.2. The summed E-state index contributed by atoms with van der Waals surface area (Å²) in [6.07, 6.45) is 8.07.